The zero-order valence-electron chi connectivity index (χ0n) is 16.6. The first-order valence-corrected chi connectivity index (χ1v) is 9.58. The molecule has 0 aromatic carbocycles. The molecule has 4 nitrogen and oxygen atoms in total. The van der Waals surface area contributed by atoms with Gasteiger partial charge >= 0.3 is 5.97 Å². The third-order valence-corrected chi connectivity index (χ3v) is 3.97. The molecule has 0 aliphatic rings. The predicted octanol–water partition coefficient (Wildman–Crippen LogP) is 4.90. The summed E-state index contributed by atoms with van der Waals surface area (Å²) in [5.41, 5.74) is 0. The van der Waals surface area contributed by atoms with Crippen molar-refractivity contribution in [2.75, 3.05) is 14.2 Å². The van der Waals surface area contributed by atoms with Crippen LogP contribution in [0.2, 0.25) is 0 Å². The lowest BCUT2D eigenvalue weighted by Crippen LogP contribution is -2.08. The lowest BCUT2D eigenvalue weighted by atomic mass is 10.1. The van der Waals surface area contributed by atoms with E-state index in [9.17, 15) is 9.90 Å². The van der Waals surface area contributed by atoms with Gasteiger partial charge in [-0.25, -0.2) is 0 Å². The van der Waals surface area contributed by atoms with E-state index < -0.39 is 0 Å². The van der Waals surface area contributed by atoms with Crippen molar-refractivity contribution in [2.45, 2.75) is 70.5 Å². The molecule has 0 aromatic rings. The SMILES string of the molecule is CCCCC[C@@H](O)C/C=C/C=C/C=C\C=C\[C@H](CCCC(=O)OC)OC. The molecule has 0 spiro atoms. The number of methoxy groups -OCH3 is 2. The van der Waals surface area contributed by atoms with Crippen LogP contribution in [0.25, 0.3) is 0 Å². The van der Waals surface area contributed by atoms with Crippen molar-refractivity contribution in [3.8, 4) is 0 Å². The van der Waals surface area contributed by atoms with Crippen LogP contribution in [0.15, 0.2) is 48.6 Å². The number of rotatable bonds is 15. The molecule has 0 bridgehead atoms. The van der Waals surface area contributed by atoms with Crippen LogP contribution in [-0.2, 0) is 14.3 Å². The molecule has 26 heavy (non-hydrogen) atoms. The van der Waals surface area contributed by atoms with E-state index in [1.807, 2.05) is 48.6 Å². The minimum Gasteiger partial charge on any atom is -0.469 e. The van der Waals surface area contributed by atoms with Crippen molar-refractivity contribution in [1.82, 2.24) is 0 Å². The summed E-state index contributed by atoms with van der Waals surface area (Å²) in [5, 5.41) is 9.79. The van der Waals surface area contributed by atoms with Crippen molar-refractivity contribution < 1.29 is 19.4 Å². The quantitative estimate of drug-likeness (QED) is 0.255. The van der Waals surface area contributed by atoms with E-state index in [2.05, 4.69) is 11.7 Å². The van der Waals surface area contributed by atoms with Gasteiger partial charge in [-0.3, -0.25) is 4.79 Å². The first-order valence-electron chi connectivity index (χ1n) is 9.58. The first kappa shape index (κ1) is 24.4. The predicted molar refractivity (Wildman–Crippen MR) is 108 cm³/mol. The van der Waals surface area contributed by atoms with Gasteiger partial charge in [-0.15, -0.1) is 0 Å². The maximum atomic E-state index is 11.1. The second kappa shape index (κ2) is 18.2. The van der Waals surface area contributed by atoms with Crippen LogP contribution < -0.4 is 0 Å². The molecule has 0 unspecified atom stereocenters. The standard InChI is InChI=1S/C22H36O4/c1-4-5-11-15-20(23)16-12-9-7-6-8-10-13-17-21(25-2)18-14-19-22(24)26-3/h6-10,12-13,17,20-21,23H,4-5,11,14-16,18-19H2,1-3H3/b7-6+,10-8-,12-9+,17-13+/t20-,21-/m1/s1. The number of carbonyl (C=O) groups excluding carboxylic acids is 1. The molecule has 0 aliphatic carbocycles. The molecule has 0 heterocycles. The van der Waals surface area contributed by atoms with Crippen LogP contribution >= 0.6 is 0 Å². The highest BCUT2D eigenvalue weighted by atomic mass is 16.5. The average molecular weight is 365 g/mol. The lowest BCUT2D eigenvalue weighted by molar-refractivity contribution is -0.140. The number of hydrogen-bond acceptors (Lipinski definition) is 4. The van der Waals surface area contributed by atoms with Gasteiger partial charge in [0, 0.05) is 13.5 Å². The Bertz CT molecular complexity index is 449. The van der Waals surface area contributed by atoms with E-state index in [0.29, 0.717) is 12.8 Å². The Morgan fingerprint density at radius 1 is 0.962 bits per heavy atom. The van der Waals surface area contributed by atoms with Crippen LogP contribution in [0.3, 0.4) is 0 Å². The fourth-order valence-electron chi connectivity index (χ4n) is 2.35. The maximum absolute atomic E-state index is 11.1. The molecular weight excluding hydrogens is 328 g/mol. The number of aliphatic hydroxyl groups is 1. The summed E-state index contributed by atoms with van der Waals surface area (Å²) in [7, 11) is 3.07. The van der Waals surface area contributed by atoms with Crippen molar-refractivity contribution in [1.29, 1.82) is 0 Å². The minimum atomic E-state index is -0.227. The summed E-state index contributed by atoms with van der Waals surface area (Å²) < 4.78 is 9.98. The topological polar surface area (TPSA) is 55.8 Å². The van der Waals surface area contributed by atoms with Gasteiger partial charge in [0.15, 0.2) is 0 Å². The molecule has 0 amide bonds. The smallest absolute Gasteiger partial charge is 0.305 e. The van der Waals surface area contributed by atoms with Crippen LogP contribution in [-0.4, -0.2) is 37.5 Å². The molecule has 0 aliphatic heterocycles. The summed E-state index contributed by atoms with van der Waals surface area (Å²) >= 11 is 0. The molecule has 0 saturated carbocycles. The molecule has 148 valence electrons. The Morgan fingerprint density at radius 3 is 2.31 bits per heavy atom. The number of aliphatic hydroxyl groups excluding tert-OH is 1. The number of unbranched alkanes of at least 4 members (excludes halogenated alkanes) is 2. The van der Waals surface area contributed by atoms with Crippen molar-refractivity contribution in [3.05, 3.63) is 48.6 Å². The average Bonchev–Trinajstić information content (AvgIpc) is 2.65. The van der Waals surface area contributed by atoms with Gasteiger partial charge in [-0.2, -0.15) is 0 Å². The van der Waals surface area contributed by atoms with E-state index in [0.717, 1.165) is 25.7 Å². The second-order valence-corrected chi connectivity index (χ2v) is 6.21. The highest BCUT2D eigenvalue weighted by molar-refractivity contribution is 5.68. The fraction of sp³-hybridized carbons (Fsp3) is 0.591. The summed E-state index contributed by atoms with van der Waals surface area (Å²) in [4.78, 5) is 11.1. The minimum absolute atomic E-state index is 0.00220. The van der Waals surface area contributed by atoms with E-state index >= 15 is 0 Å². The van der Waals surface area contributed by atoms with E-state index in [1.165, 1.54) is 20.0 Å². The number of esters is 1. The molecule has 0 saturated heterocycles. The van der Waals surface area contributed by atoms with Crippen LogP contribution in [0, 0.1) is 0 Å². The molecule has 2 atom stereocenters. The highest BCUT2D eigenvalue weighted by Gasteiger charge is 2.05. The third-order valence-electron chi connectivity index (χ3n) is 3.97. The zero-order chi connectivity index (χ0) is 19.5. The Kier molecular flexibility index (Phi) is 17.0. The Balaban J connectivity index is 3.93. The van der Waals surface area contributed by atoms with Gasteiger partial charge in [-0.05, 0) is 25.7 Å². The summed E-state index contributed by atoms with van der Waals surface area (Å²) in [6, 6.07) is 0. The second-order valence-electron chi connectivity index (χ2n) is 6.21. The first-order chi connectivity index (χ1) is 12.6. The van der Waals surface area contributed by atoms with Crippen molar-refractivity contribution >= 4 is 5.97 Å². The Morgan fingerprint density at radius 2 is 1.65 bits per heavy atom. The normalized spacial score (nSPS) is 14.8. The van der Waals surface area contributed by atoms with Gasteiger partial charge < -0.3 is 14.6 Å². The van der Waals surface area contributed by atoms with E-state index in [1.54, 1.807) is 7.11 Å². The Hall–Kier alpha value is -1.65. The molecule has 4 heteroatoms. The largest absolute Gasteiger partial charge is 0.469 e. The van der Waals surface area contributed by atoms with Gasteiger partial charge in [0.1, 0.15) is 0 Å². The molecule has 1 N–H and O–H groups in total. The number of allylic oxidation sites excluding steroid dienone is 6. The molecule has 0 aromatic heterocycles. The Labute approximate surface area is 159 Å². The lowest BCUT2D eigenvalue weighted by Gasteiger charge is -2.09. The summed E-state index contributed by atoms with van der Waals surface area (Å²) in [6.45, 7) is 2.17. The van der Waals surface area contributed by atoms with Crippen LogP contribution in [0.4, 0.5) is 0 Å². The molecular formula is C22H36O4. The van der Waals surface area contributed by atoms with E-state index in [4.69, 9.17) is 4.74 Å². The summed E-state index contributed by atoms with van der Waals surface area (Å²) in [5.74, 6) is -0.185. The maximum Gasteiger partial charge on any atom is 0.305 e. The van der Waals surface area contributed by atoms with Crippen molar-refractivity contribution in [2.24, 2.45) is 0 Å². The monoisotopic (exact) mass is 364 g/mol. The van der Waals surface area contributed by atoms with Gasteiger partial charge in [-0.1, -0.05) is 74.8 Å². The molecule has 0 fully saturated rings. The summed E-state index contributed by atoms with van der Waals surface area (Å²) in [6.07, 6.45) is 22.4. The zero-order valence-corrected chi connectivity index (χ0v) is 16.6. The van der Waals surface area contributed by atoms with Crippen molar-refractivity contribution in [3.63, 3.8) is 0 Å². The van der Waals surface area contributed by atoms with Crippen LogP contribution in [0.5, 0.6) is 0 Å². The number of carbonyl (C=O) groups is 1. The highest BCUT2D eigenvalue weighted by Crippen LogP contribution is 2.07. The fourth-order valence-corrected chi connectivity index (χ4v) is 2.35. The third kappa shape index (κ3) is 15.9. The molecule has 0 rings (SSSR count). The molecule has 0 radical (unpaired) electrons. The number of ether oxygens (including phenoxy) is 2. The van der Waals surface area contributed by atoms with Gasteiger partial charge in [0.25, 0.3) is 0 Å². The number of hydrogen-bond donors (Lipinski definition) is 1. The van der Waals surface area contributed by atoms with E-state index in [-0.39, 0.29) is 18.2 Å². The van der Waals surface area contributed by atoms with Crippen LogP contribution in [0.1, 0.15) is 58.3 Å². The van der Waals surface area contributed by atoms with Gasteiger partial charge in [0.05, 0.1) is 19.3 Å². The van der Waals surface area contributed by atoms with Gasteiger partial charge in [0.2, 0.25) is 0 Å².